The average molecular weight is 251 g/mol. The molecule has 94 valence electrons. The molecule has 0 atom stereocenters. The van der Waals surface area contributed by atoms with Crippen molar-refractivity contribution in [2.75, 3.05) is 7.11 Å². The number of methoxy groups -OCH3 is 1. The third-order valence-corrected chi connectivity index (χ3v) is 2.99. The molecule has 0 amide bonds. The van der Waals surface area contributed by atoms with Crippen LogP contribution in [-0.2, 0) is 0 Å². The van der Waals surface area contributed by atoms with Gasteiger partial charge in [0.15, 0.2) is 0 Å². The second kappa shape index (κ2) is 4.98. The maximum absolute atomic E-state index is 5.27. The zero-order valence-electron chi connectivity index (χ0n) is 10.5. The predicted octanol–water partition coefficient (Wildman–Crippen LogP) is 4.02. The van der Waals surface area contributed by atoms with Crippen molar-refractivity contribution in [3.63, 3.8) is 0 Å². The van der Waals surface area contributed by atoms with Crippen LogP contribution in [0.1, 0.15) is 0 Å². The number of benzene rings is 2. The lowest BCUT2D eigenvalue weighted by Crippen LogP contribution is -1.83. The first-order valence-corrected chi connectivity index (χ1v) is 6.01. The van der Waals surface area contributed by atoms with Crippen molar-refractivity contribution in [3.8, 4) is 28.3 Å². The molecule has 0 N–H and O–H groups in total. The Labute approximate surface area is 111 Å². The van der Waals surface area contributed by atoms with Gasteiger partial charge in [-0.25, -0.2) is 4.98 Å². The molecule has 1 heterocycles. The molecule has 3 aromatic rings. The van der Waals surface area contributed by atoms with Crippen LogP contribution in [0, 0.1) is 0 Å². The van der Waals surface area contributed by atoms with E-state index in [0.29, 0.717) is 5.89 Å². The van der Waals surface area contributed by atoms with Crippen LogP contribution in [0.25, 0.3) is 22.6 Å². The molecule has 1 aromatic heterocycles. The smallest absolute Gasteiger partial charge is 0.225 e. The standard InChI is InChI=1S/C16H13NO2/c1-18-15-8-6-13(7-9-15)12-2-4-14(5-3-12)16-17-10-11-19-16/h2-11H,1H3. The van der Waals surface area contributed by atoms with E-state index in [9.17, 15) is 0 Å². The molecule has 0 unspecified atom stereocenters. The van der Waals surface area contributed by atoms with Crippen LogP contribution in [0.2, 0.25) is 0 Å². The van der Waals surface area contributed by atoms with Gasteiger partial charge in [0, 0.05) is 5.56 Å². The zero-order valence-corrected chi connectivity index (χ0v) is 10.5. The van der Waals surface area contributed by atoms with Crippen LogP contribution in [0.5, 0.6) is 5.75 Å². The van der Waals surface area contributed by atoms with Crippen molar-refractivity contribution < 1.29 is 9.15 Å². The second-order valence-corrected chi connectivity index (χ2v) is 4.14. The van der Waals surface area contributed by atoms with E-state index in [2.05, 4.69) is 17.1 Å². The molecule has 0 radical (unpaired) electrons. The van der Waals surface area contributed by atoms with Crippen molar-refractivity contribution in [3.05, 3.63) is 61.0 Å². The van der Waals surface area contributed by atoms with E-state index in [1.54, 1.807) is 19.6 Å². The van der Waals surface area contributed by atoms with E-state index >= 15 is 0 Å². The van der Waals surface area contributed by atoms with Crippen LogP contribution in [0.15, 0.2) is 65.4 Å². The van der Waals surface area contributed by atoms with Gasteiger partial charge in [0.25, 0.3) is 0 Å². The van der Waals surface area contributed by atoms with Crippen LogP contribution < -0.4 is 4.74 Å². The lowest BCUT2D eigenvalue weighted by atomic mass is 10.0. The fraction of sp³-hybridized carbons (Fsp3) is 0.0625. The van der Waals surface area contributed by atoms with Gasteiger partial charge < -0.3 is 9.15 Å². The summed E-state index contributed by atoms with van der Waals surface area (Å²) >= 11 is 0. The molecule has 0 bridgehead atoms. The van der Waals surface area contributed by atoms with Gasteiger partial charge >= 0.3 is 0 Å². The summed E-state index contributed by atoms with van der Waals surface area (Å²) in [4.78, 5) is 4.13. The summed E-state index contributed by atoms with van der Waals surface area (Å²) in [5, 5.41) is 0. The minimum atomic E-state index is 0.640. The molecular formula is C16H13NO2. The average Bonchev–Trinajstić information content (AvgIpc) is 3.02. The molecule has 0 aliphatic rings. The summed E-state index contributed by atoms with van der Waals surface area (Å²) in [6.45, 7) is 0. The van der Waals surface area contributed by atoms with Gasteiger partial charge in [-0.2, -0.15) is 0 Å². The van der Waals surface area contributed by atoms with Gasteiger partial charge in [-0.15, -0.1) is 0 Å². The summed E-state index contributed by atoms with van der Waals surface area (Å²) in [6, 6.07) is 16.1. The third kappa shape index (κ3) is 2.36. The molecule has 0 fully saturated rings. The number of hydrogen-bond donors (Lipinski definition) is 0. The number of hydrogen-bond acceptors (Lipinski definition) is 3. The van der Waals surface area contributed by atoms with Gasteiger partial charge in [-0.1, -0.05) is 24.3 Å². The lowest BCUT2D eigenvalue weighted by molar-refractivity contribution is 0.415. The topological polar surface area (TPSA) is 35.3 Å². The number of aromatic nitrogens is 1. The summed E-state index contributed by atoms with van der Waals surface area (Å²) in [6.07, 6.45) is 3.22. The zero-order chi connectivity index (χ0) is 13.1. The Morgan fingerprint density at radius 1 is 0.842 bits per heavy atom. The molecule has 0 saturated carbocycles. The van der Waals surface area contributed by atoms with E-state index in [1.165, 1.54) is 0 Å². The Morgan fingerprint density at radius 2 is 1.42 bits per heavy atom. The van der Waals surface area contributed by atoms with Crippen LogP contribution >= 0.6 is 0 Å². The van der Waals surface area contributed by atoms with E-state index in [1.807, 2.05) is 36.4 Å². The summed E-state index contributed by atoms with van der Waals surface area (Å²) in [5.41, 5.74) is 3.28. The Balaban J connectivity index is 1.89. The van der Waals surface area contributed by atoms with Crippen LogP contribution in [-0.4, -0.2) is 12.1 Å². The molecule has 3 nitrogen and oxygen atoms in total. The number of oxazole rings is 1. The Bertz CT molecular complexity index is 640. The number of rotatable bonds is 3. The van der Waals surface area contributed by atoms with Crippen molar-refractivity contribution in [1.29, 1.82) is 0 Å². The Hall–Kier alpha value is -2.55. The molecule has 0 aliphatic carbocycles. The van der Waals surface area contributed by atoms with E-state index in [4.69, 9.17) is 9.15 Å². The highest BCUT2D eigenvalue weighted by molar-refractivity contribution is 5.67. The van der Waals surface area contributed by atoms with Gasteiger partial charge in [-0.3, -0.25) is 0 Å². The summed E-state index contributed by atoms with van der Waals surface area (Å²) in [5.74, 6) is 1.50. The first-order valence-electron chi connectivity index (χ1n) is 6.01. The molecular weight excluding hydrogens is 238 g/mol. The molecule has 2 aromatic carbocycles. The van der Waals surface area contributed by atoms with Gasteiger partial charge in [0.1, 0.15) is 12.0 Å². The largest absolute Gasteiger partial charge is 0.497 e. The predicted molar refractivity (Wildman–Crippen MR) is 73.9 cm³/mol. The molecule has 19 heavy (non-hydrogen) atoms. The normalized spacial score (nSPS) is 10.4. The number of nitrogens with zero attached hydrogens (tertiary/aromatic N) is 1. The third-order valence-electron chi connectivity index (χ3n) is 2.99. The maximum atomic E-state index is 5.27. The van der Waals surface area contributed by atoms with E-state index in [0.717, 1.165) is 22.4 Å². The van der Waals surface area contributed by atoms with Crippen LogP contribution in [0.3, 0.4) is 0 Å². The quantitative estimate of drug-likeness (QED) is 0.705. The van der Waals surface area contributed by atoms with Crippen molar-refractivity contribution in [2.24, 2.45) is 0 Å². The summed E-state index contributed by atoms with van der Waals surface area (Å²) in [7, 11) is 1.67. The van der Waals surface area contributed by atoms with Crippen molar-refractivity contribution in [1.82, 2.24) is 4.98 Å². The molecule has 0 saturated heterocycles. The van der Waals surface area contributed by atoms with Crippen LogP contribution in [0.4, 0.5) is 0 Å². The van der Waals surface area contributed by atoms with Crippen molar-refractivity contribution >= 4 is 0 Å². The SMILES string of the molecule is COc1ccc(-c2ccc(-c3ncco3)cc2)cc1. The summed E-state index contributed by atoms with van der Waals surface area (Å²) < 4.78 is 10.4. The highest BCUT2D eigenvalue weighted by atomic mass is 16.5. The van der Waals surface area contributed by atoms with Gasteiger partial charge in [0.2, 0.25) is 5.89 Å². The Morgan fingerprint density at radius 3 is 1.95 bits per heavy atom. The van der Waals surface area contributed by atoms with Gasteiger partial charge in [-0.05, 0) is 35.4 Å². The molecule has 3 rings (SSSR count). The fourth-order valence-corrected chi connectivity index (χ4v) is 1.95. The number of ether oxygens (including phenoxy) is 1. The molecule has 0 aliphatic heterocycles. The monoisotopic (exact) mass is 251 g/mol. The lowest BCUT2D eigenvalue weighted by Gasteiger charge is -2.04. The fourth-order valence-electron chi connectivity index (χ4n) is 1.95. The molecule has 0 spiro atoms. The minimum Gasteiger partial charge on any atom is -0.497 e. The minimum absolute atomic E-state index is 0.640. The first-order chi connectivity index (χ1) is 9.36. The maximum Gasteiger partial charge on any atom is 0.225 e. The van der Waals surface area contributed by atoms with E-state index < -0.39 is 0 Å². The molecule has 3 heteroatoms. The highest BCUT2D eigenvalue weighted by Gasteiger charge is 2.03. The van der Waals surface area contributed by atoms with E-state index in [-0.39, 0.29) is 0 Å². The second-order valence-electron chi connectivity index (χ2n) is 4.14. The highest BCUT2D eigenvalue weighted by Crippen LogP contribution is 2.25. The van der Waals surface area contributed by atoms with Gasteiger partial charge in [0.05, 0.1) is 13.3 Å². The van der Waals surface area contributed by atoms with Crippen molar-refractivity contribution in [2.45, 2.75) is 0 Å². The first kappa shape index (κ1) is 11.5. The Kier molecular flexibility index (Phi) is 3.02.